The molecule has 0 aliphatic rings. The standard InChI is InChI=1S/C18H17Cl2N3O3/c1-26-14-5-2-12(3-6-14)11-21-23-18(25)9-8-17(24)22-16-7-4-13(19)10-15(16)20/h2-7,10-11H,8-9H2,1H3,(H,22,24)(H,23,25)/b21-11+. The highest BCUT2D eigenvalue weighted by molar-refractivity contribution is 6.36. The summed E-state index contributed by atoms with van der Waals surface area (Å²) in [6.07, 6.45) is 1.50. The van der Waals surface area contributed by atoms with Crippen LogP contribution in [0, 0.1) is 0 Å². The quantitative estimate of drug-likeness (QED) is 0.553. The Bertz CT molecular complexity index is 808. The van der Waals surface area contributed by atoms with E-state index in [2.05, 4.69) is 15.8 Å². The fraction of sp³-hybridized carbons (Fsp3) is 0.167. The normalized spacial score (nSPS) is 10.6. The van der Waals surface area contributed by atoms with Crippen LogP contribution in [0.4, 0.5) is 5.69 Å². The molecule has 0 atom stereocenters. The van der Waals surface area contributed by atoms with Gasteiger partial charge in [-0.3, -0.25) is 9.59 Å². The molecule has 0 saturated heterocycles. The molecule has 0 fully saturated rings. The summed E-state index contributed by atoms with van der Waals surface area (Å²) in [4.78, 5) is 23.6. The lowest BCUT2D eigenvalue weighted by Gasteiger charge is -2.07. The number of anilines is 1. The second-order valence-electron chi connectivity index (χ2n) is 5.24. The SMILES string of the molecule is COc1ccc(/C=N/NC(=O)CCC(=O)Nc2ccc(Cl)cc2Cl)cc1. The van der Waals surface area contributed by atoms with E-state index in [9.17, 15) is 9.59 Å². The largest absolute Gasteiger partial charge is 0.497 e. The predicted octanol–water partition coefficient (Wildman–Crippen LogP) is 3.87. The van der Waals surface area contributed by atoms with Crippen molar-refractivity contribution in [2.45, 2.75) is 12.8 Å². The van der Waals surface area contributed by atoms with Crippen molar-refractivity contribution in [3.8, 4) is 5.75 Å². The highest BCUT2D eigenvalue weighted by atomic mass is 35.5. The maximum Gasteiger partial charge on any atom is 0.240 e. The third-order valence-corrected chi connectivity index (χ3v) is 3.85. The summed E-state index contributed by atoms with van der Waals surface area (Å²) in [5, 5.41) is 7.28. The number of amides is 2. The Morgan fingerprint density at radius 2 is 1.77 bits per heavy atom. The minimum atomic E-state index is -0.368. The van der Waals surface area contributed by atoms with Gasteiger partial charge in [0.05, 0.1) is 24.0 Å². The second kappa shape index (κ2) is 9.79. The molecule has 0 aromatic heterocycles. The molecule has 2 amide bonds. The minimum Gasteiger partial charge on any atom is -0.497 e. The number of ether oxygens (including phenoxy) is 1. The Labute approximate surface area is 161 Å². The van der Waals surface area contributed by atoms with E-state index in [-0.39, 0.29) is 24.7 Å². The van der Waals surface area contributed by atoms with Crippen molar-refractivity contribution in [1.82, 2.24) is 5.43 Å². The van der Waals surface area contributed by atoms with Gasteiger partial charge in [0.2, 0.25) is 11.8 Å². The van der Waals surface area contributed by atoms with Gasteiger partial charge in [-0.05, 0) is 48.0 Å². The van der Waals surface area contributed by atoms with Gasteiger partial charge in [0.15, 0.2) is 0 Å². The van der Waals surface area contributed by atoms with E-state index in [4.69, 9.17) is 27.9 Å². The molecule has 2 N–H and O–H groups in total. The summed E-state index contributed by atoms with van der Waals surface area (Å²) in [5.41, 5.74) is 3.62. The van der Waals surface area contributed by atoms with Crippen LogP contribution < -0.4 is 15.5 Å². The molecule has 0 aliphatic carbocycles. The molecule has 0 spiro atoms. The van der Waals surface area contributed by atoms with Crippen LogP contribution in [0.25, 0.3) is 0 Å². The lowest BCUT2D eigenvalue weighted by Crippen LogP contribution is -2.20. The van der Waals surface area contributed by atoms with Crippen molar-refractivity contribution in [2.75, 3.05) is 12.4 Å². The van der Waals surface area contributed by atoms with E-state index < -0.39 is 0 Å². The molecule has 8 heteroatoms. The summed E-state index contributed by atoms with van der Waals surface area (Å²) in [6.45, 7) is 0. The average molecular weight is 394 g/mol. The number of hydrogen-bond acceptors (Lipinski definition) is 4. The van der Waals surface area contributed by atoms with Gasteiger partial charge in [-0.2, -0.15) is 5.10 Å². The van der Waals surface area contributed by atoms with Crippen molar-refractivity contribution >= 4 is 46.9 Å². The van der Waals surface area contributed by atoms with Gasteiger partial charge in [-0.25, -0.2) is 5.43 Å². The minimum absolute atomic E-state index is 0.00282. The highest BCUT2D eigenvalue weighted by Crippen LogP contribution is 2.25. The topological polar surface area (TPSA) is 79.8 Å². The zero-order chi connectivity index (χ0) is 18.9. The number of halogens is 2. The highest BCUT2D eigenvalue weighted by Gasteiger charge is 2.09. The zero-order valence-electron chi connectivity index (χ0n) is 14.0. The molecule has 136 valence electrons. The molecule has 0 unspecified atom stereocenters. The lowest BCUT2D eigenvalue weighted by atomic mass is 10.2. The van der Waals surface area contributed by atoms with Gasteiger partial charge in [-0.1, -0.05) is 23.2 Å². The van der Waals surface area contributed by atoms with Crippen LogP contribution in [0.1, 0.15) is 18.4 Å². The van der Waals surface area contributed by atoms with Crippen LogP contribution in [0.2, 0.25) is 10.0 Å². The summed E-state index contributed by atoms with van der Waals surface area (Å²) in [5.74, 6) is 0.0357. The number of benzene rings is 2. The van der Waals surface area contributed by atoms with E-state index in [1.807, 2.05) is 0 Å². The van der Waals surface area contributed by atoms with Crippen molar-refractivity contribution in [2.24, 2.45) is 5.10 Å². The first kappa shape index (κ1) is 19.8. The first-order valence-corrected chi connectivity index (χ1v) is 8.44. The van der Waals surface area contributed by atoms with Crippen molar-refractivity contribution in [3.63, 3.8) is 0 Å². The molecule has 2 aromatic carbocycles. The summed E-state index contributed by atoms with van der Waals surface area (Å²) < 4.78 is 5.06. The molecule has 0 bridgehead atoms. The summed E-state index contributed by atoms with van der Waals surface area (Å²) in [7, 11) is 1.58. The lowest BCUT2D eigenvalue weighted by molar-refractivity contribution is -0.124. The molecule has 0 aliphatic heterocycles. The monoisotopic (exact) mass is 393 g/mol. The maximum absolute atomic E-state index is 11.9. The van der Waals surface area contributed by atoms with E-state index in [0.29, 0.717) is 15.7 Å². The summed E-state index contributed by atoms with van der Waals surface area (Å²) >= 11 is 11.8. The number of nitrogens with one attached hydrogen (secondary N) is 2. The number of carbonyl (C=O) groups excluding carboxylic acids is 2. The number of carbonyl (C=O) groups is 2. The van der Waals surface area contributed by atoms with E-state index in [1.54, 1.807) is 43.5 Å². The molecule has 0 radical (unpaired) electrons. The fourth-order valence-electron chi connectivity index (χ4n) is 1.96. The van der Waals surface area contributed by atoms with Crippen LogP contribution in [-0.2, 0) is 9.59 Å². The number of nitrogens with zero attached hydrogens (tertiary/aromatic N) is 1. The van der Waals surface area contributed by atoms with E-state index in [1.165, 1.54) is 12.3 Å². The molecule has 26 heavy (non-hydrogen) atoms. The Morgan fingerprint density at radius 3 is 2.42 bits per heavy atom. The van der Waals surface area contributed by atoms with Gasteiger partial charge in [0.25, 0.3) is 0 Å². The second-order valence-corrected chi connectivity index (χ2v) is 6.08. The van der Waals surface area contributed by atoms with Gasteiger partial charge in [0, 0.05) is 17.9 Å². The molecule has 6 nitrogen and oxygen atoms in total. The van der Waals surface area contributed by atoms with Crippen LogP contribution in [-0.4, -0.2) is 25.1 Å². The zero-order valence-corrected chi connectivity index (χ0v) is 15.5. The number of methoxy groups -OCH3 is 1. The summed E-state index contributed by atoms with van der Waals surface area (Å²) in [6, 6.07) is 11.9. The van der Waals surface area contributed by atoms with Gasteiger partial charge in [0.1, 0.15) is 5.75 Å². The van der Waals surface area contributed by atoms with Crippen LogP contribution >= 0.6 is 23.2 Å². The maximum atomic E-state index is 11.9. The molecular formula is C18H17Cl2N3O3. The third-order valence-electron chi connectivity index (χ3n) is 3.30. The van der Waals surface area contributed by atoms with E-state index in [0.717, 1.165) is 11.3 Å². The number of hydrazone groups is 1. The Hall–Kier alpha value is -2.57. The average Bonchev–Trinajstić information content (AvgIpc) is 2.63. The molecule has 0 heterocycles. The van der Waals surface area contributed by atoms with Crippen molar-refractivity contribution < 1.29 is 14.3 Å². The fourth-order valence-corrected chi connectivity index (χ4v) is 2.41. The molecule has 2 aromatic rings. The van der Waals surface area contributed by atoms with Crippen LogP contribution in [0.15, 0.2) is 47.6 Å². The molecule has 0 saturated carbocycles. The molecule has 2 rings (SSSR count). The van der Waals surface area contributed by atoms with Gasteiger partial charge in [-0.15, -0.1) is 0 Å². The van der Waals surface area contributed by atoms with Crippen LogP contribution in [0.5, 0.6) is 5.75 Å². The van der Waals surface area contributed by atoms with E-state index >= 15 is 0 Å². The predicted molar refractivity (Wildman–Crippen MR) is 103 cm³/mol. The van der Waals surface area contributed by atoms with Gasteiger partial charge >= 0.3 is 0 Å². The Morgan fingerprint density at radius 1 is 1.08 bits per heavy atom. The van der Waals surface area contributed by atoms with Crippen LogP contribution in [0.3, 0.4) is 0 Å². The Kier molecular flexibility index (Phi) is 7.44. The molecular weight excluding hydrogens is 377 g/mol. The smallest absolute Gasteiger partial charge is 0.240 e. The van der Waals surface area contributed by atoms with Gasteiger partial charge < -0.3 is 10.1 Å². The van der Waals surface area contributed by atoms with Crippen molar-refractivity contribution in [3.05, 3.63) is 58.1 Å². The third kappa shape index (κ3) is 6.38. The number of rotatable bonds is 7. The number of hydrogen-bond donors (Lipinski definition) is 2. The van der Waals surface area contributed by atoms with Crippen molar-refractivity contribution in [1.29, 1.82) is 0 Å². The first-order valence-electron chi connectivity index (χ1n) is 7.69. The Balaban J connectivity index is 1.75. The first-order chi connectivity index (χ1) is 12.5.